The molecule has 37 heavy (non-hydrogen) atoms. The number of ether oxygens (including phenoxy) is 1. The van der Waals surface area contributed by atoms with E-state index in [0.717, 1.165) is 17.0 Å². The van der Waals surface area contributed by atoms with Crippen molar-refractivity contribution in [2.45, 2.75) is 6.92 Å². The van der Waals surface area contributed by atoms with Crippen molar-refractivity contribution in [2.24, 2.45) is 0 Å². The summed E-state index contributed by atoms with van der Waals surface area (Å²) in [5.41, 5.74) is 1.72. The summed E-state index contributed by atoms with van der Waals surface area (Å²) >= 11 is 12.0. The van der Waals surface area contributed by atoms with Gasteiger partial charge in [0, 0.05) is 16.9 Å². The van der Waals surface area contributed by atoms with E-state index in [1.54, 1.807) is 37.3 Å². The fourth-order valence-corrected chi connectivity index (χ4v) is 3.93. The Kier molecular flexibility index (Phi) is 7.28. The molecule has 3 amide bonds. The normalized spacial score (nSPS) is 13.2. The first-order valence-electron chi connectivity index (χ1n) is 10.7. The van der Waals surface area contributed by atoms with E-state index in [-0.39, 0.29) is 32.6 Å². The van der Waals surface area contributed by atoms with Crippen molar-refractivity contribution in [1.82, 2.24) is 0 Å². The van der Waals surface area contributed by atoms with Crippen molar-refractivity contribution in [3.8, 4) is 0 Å². The number of nitrogens with zero attached hydrogens (tertiary/aromatic N) is 1. The highest BCUT2D eigenvalue weighted by Gasteiger charge is 2.39. The van der Waals surface area contributed by atoms with Gasteiger partial charge in [0.2, 0.25) is 0 Å². The van der Waals surface area contributed by atoms with E-state index in [4.69, 9.17) is 27.9 Å². The number of benzene rings is 3. The van der Waals surface area contributed by atoms with E-state index >= 15 is 0 Å². The average molecular weight is 542 g/mol. The number of carbonyl (C=O) groups excluding carboxylic acids is 4. The Morgan fingerprint density at radius 1 is 0.946 bits per heavy atom. The molecule has 0 aromatic heterocycles. The van der Waals surface area contributed by atoms with Crippen LogP contribution in [0.15, 0.2) is 71.4 Å². The molecule has 0 aliphatic carbocycles. The van der Waals surface area contributed by atoms with Gasteiger partial charge in [-0.05, 0) is 61.0 Å². The fraction of sp³-hybridized carbons (Fsp3) is 0.0769. The van der Waals surface area contributed by atoms with Gasteiger partial charge >= 0.3 is 5.97 Å². The molecule has 0 saturated heterocycles. The van der Waals surface area contributed by atoms with Gasteiger partial charge in [-0.3, -0.25) is 14.4 Å². The number of hydrogen-bond acceptors (Lipinski definition) is 6. The van der Waals surface area contributed by atoms with E-state index in [1.807, 2.05) is 0 Å². The van der Waals surface area contributed by atoms with E-state index in [0.29, 0.717) is 16.9 Å². The molecule has 0 fully saturated rings. The van der Waals surface area contributed by atoms with Gasteiger partial charge < -0.3 is 15.4 Å². The molecule has 3 aromatic rings. The quantitative estimate of drug-likeness (QED) is 0.325. The highest BCUT2D eigenvalue weighted by molar-refractivity contribution is 6.53. The number of rotatable bonds is 6. The highest BCUT2D eigenvalue weighted by atomic mass is 35.5. The zero-order valence-corrected chi connectivity index (χ0v) is 20.9. The number of aryl methyl sites for hydroxylation is 1. The van der Waals surface area contributed by atoms with Crippen LogP contribution in [0, 0.1) is 12.7 Å². The molecule has 0 radical (unpaired) electrons. The molecule has 0 unspecified atom stereocenters. The van der Waals surface area contributed by atoms with Crippen LogP contribution in [-0.4, -0.2) is 30.8 Å². The maximum Gasteiger partial charge on any atom is 0.337 e. The van der Waals surface area contributed by atoms with Crippen molar-refractivity contribution in [1.29, 1.82) is 0 Å². The van der Waals surface area contributed by atoms with Crippen LogP contribution < -0.4 is 15.5 Å². The first kappa shape index (κ1) is 25.9. The molecule has 8 nitrogen and oxygen atoms in total. The van der Waals surface area contributed by atoms with E-state index < -0.39 is 29.5 Å². The molecule has 0 bridgehead atoms. The third kappa shape index (κ3) is 5.18. The summed E-state index contributed by atoms with van der Waals surface area (Å²) in [6.45, 7) is 1.73. The topological polar surface area (TPSA) is 105 Å². The van der Waals surface area contributed by atoms with Crippen LogP contribution >= 0.6 is 23.2 Å². The first-order valence-corrected chi connectivity index (χ1v) is 11.5. The number of amides is 3. The molecule has 188 valence electrons. The maximum absolute atomic E-state index is 13.6. The standard InChI is InChI=1S/C26H18Cl2FN3O5/c1-13-6-7-14(23(33)30-16-5-3-4-15(10-16)26(36)37-2)11-20(13)31-22-21(28)24(34)32(25(22)35)17-8-9-19(29)18(27)12-17/h3-12,31H,1-2H3,(H,30,33). The van der Waals surface area contributed by atoms with Gasteiger partial charge in [-0.15, -0.1) is 0 Å². The number of methoxy groups -OCH3 is 1. The molecule has 3 aromatic carbocycles. The van der Waals surface area contributed by atoms with Crippen LogP contribution in [0.3, 0.4) is 0 Å². The van der Waals surface area contributed by atoms with Crippen molar-refractivity contribution < 1.29 is 28.3 Å². The lowest BCUT2D eigenvalue weighted by Gasteiger charge is -2.16. The van der Waals surface area contributed by atoms with E-state index in [1.165, 1.54) is 25.3 Å². The van der Waals surface area contributed by atoms with Crippen molar-refractivity contribution >= 4 is 64.0 Å². The lowest BCUT2D eigenvalue weighted by atomic mass is 10.1. The Balaban J connectivity index is 1.57. The van der Waals surface area contributed by atoms with Gasteiger partial charge in [-0.2, -0.15) is 0 Å². The van der Waals surface area contributed by atoms with E-state index in [2.05, 4.69) is 10.6 Å². The second kappa shape index (κ2) is 10.4. The summed E-state index contributed by atoms with van der Waals surface area (Å²) in [6.07, 6.45) is 0. The molecular weight excluding hydrogens is 524 g/mol. The SMILES string of the molecule is COC(=O)c1cccc(NC(=O)c2ccc(C)c(NC3=C(Cl)C(=O)N(c4ccc(F)c(Cl)c4)C3=O)c2)c1. The number of halogens is 3. The summed E-state index contributed by atoms with van der Waals surface area (Å²) < 4.78 is 18.2. The zero-order chi connectivity index (χ0) is 26.9. The minimum Gasteiger partial charge on any atom is -0.465 e. The van der Waals surface area contributed by atoms with Crippen LogP contribution in [0.5, 0.6) is 0 Å². The Morgan fingerprint density at radius 3 is 2.41 bits per heavy atom. The Hall–Kier alpha value is -4.21. The number of anilines is 3. The van der Waals surface area contributed by atoms with Crippen molar-refractivity contribution in [3.63, 3.8) is 0 Å². The molecule has 0 saturated carbocycles. The van der Waals surface area contributed by atoms with Gasteiger partial charge in [0.1, 0.15) is 16.5 Å². The Labute approximate surface area is 220 Å². The van der Waals surface area contributed by atoms with Crippen molar-refractivity contribution in [2.75, 3.05) is 22.6 Å². The molecule has 1 aliphatic rings. The van der Waals surface area contributed by atoms with Crippen LogP contribution in [0.4, 0.5) is 21.5 Å². The van der Waals surface area contributed by atoms with Crippen LogP contribution in [-0.2, 0) is 14.3 Å². The van der Waals surface area contributed by atoms with E-state index in [9.17, 15) is 23.6 Å². The number of nitrogens with one attached hydrogen (secondary N) is 2. The lowest BCUT2D eigenvalue weighted by Crippen LogP contribution is -2.32. The minimum absolute atomic E-state index is 0.0513. The third-order valence-corrected chi connectivity index (χ3v) is 6.13. The Bertz CT molecular complexity index is 1510. The first-order chi connectivity index (χ1) is 17.6. The summed E-state index contributed by atoms with van der Waals surface area (Å²) in [5.74, 6) is -3.32. The zero-order valence-electron chi connectivity index (χ0n) is 19.4. The number of carbonyl (C=O) groups is 4. The molecule has 0 spiro atoms. The van der Waals surface area contributed by atoms with Crippen LogP contribution in [0.2, 0.25) is 5.02 Å². The number of imide groups is 1. The second-order valence-electron chi connectivity index (χ2n) is 7.91. The number of esters is 1. The molecule has 11 heteroatoms. The van der Waals surface area contributed by atoms with Crippen LogP contribution in [0.1, 0.15) is 26.3 Å². The van der Waals surface area contributed by atoms with Gasteiger partial charge in [0.15, 0.2) is 0 Å². The predicted molar refractivity (Wildman–Crippen MR) is 137 cm³/mol. The molecule has 4 rings (SSSR count). The summed E-state index contributed by atoms with van der Waals surface area (Å²) in [4.78, 5) is 51.2. The largest absolute Gasteiger partial charge is 0.465 e. The lowest BCUT2D eigenvalue weighted by molar-refractivity contribution is -0.120. The average Bonchev–Trinajstić information content (AvgIpc) is 3.09. The highest BCUT2D eigenvalue weighted by Crippen LogP contribution is 2.33. The van der Waals surface area contributed by atoms with Gasteiger partial charge in [-0.25, -0.2) is 14.1 Å². The summed E-state index contributed by atoms with van der Waals surface area (Å²) in [5, 5.41) is 4.90. The second-order valence-corrected chi connectivity index (χ2v) is 8.70. The number of hydrogen-bond donors (Lipinski definition) is 2. The minimum atomic E-state index is -0.811. The smallest absolute Gasteiger partial charge is 0.337 e. The summed E-state index contributed by atoms with van der Waals surface area (Å²) in [7, 11) is 1.26. The molecule has 1 aliphatic heterocycles. The predicted octanol–water partition coefficient (Wildman–Crippen LogP) is 5.26. The third-order valence-electron chi connectivity index (χ3n) is 5.49. The van der Waals surface area contributed by atoms with Crippen molar-refractivity contribution in [3.05, 3.63) is 98.9 Å². The van der Waals surface area contributed by atoms with Crippen LogP contribution in [0.25, 0.3) is 0 Å². The monoisotopic (exact) mass is 541 g/mol. The summed E-state index contributed by atoms with van der Waals surface area (Å²) in [6, 6.07) is 14.4. The molecular formula is C26H18Cl2FN3O5. The van der Waals surface area contributed by atoms with Gasteiger partial charge in [0.05, 0.1) is 23.4 Å². The van der Waals surface area contributed by atoms with Gasteiger partial charge in [0.25, 0.3) is 17.7 Å². The molecule has 0 atom stereocenters. The van der Waals surface area contributed by atoms with Gasteiger partial charge in [-0.1, -0.05) is 35.3 Å². The Morgan fingerprint density at radius 2 is 1.70 bits per heavy atom. The maximum atomic E-state index is 13.6. The molecule has 1 heterocycles. The molecule has 2 N–H and O–H groups in total. The fourth-order valence-electron chi connectivity index (χ4n) is 3.55.